The van der Waals surface area contributed by atoms with Crippen molar-refractivity contribution in [2.75, 3.05) is 13.1 Å². The van der Waals surface area contributed by atoms with Gasteiger partial charge in [0.25, 0.3) is 11.8 Å². The van der Waals surface area contributed by atoms with Crippen molar-refractivity contribution >= 4 is 38.9 Å². The van der Waals surface area contributed by atoms with Gasteiger partial charge in [0.15, 0.2) is 5.65 Å². The number of aromatic nitrogens is 3. The summed E-state index contributed by atoms with van der Waals surface area (Å²) in [5.74, 6) is 0.465. The maximum Gasteiger partial charge on any atom is 0.254 e. The molecule has 28 heavy (non-hydrogen) atoms. The largest absolute Gasteiger partial charge is 0.345 e. The minimum Gasteiger partial charge on any atom is -0.345 e. The number of likely N-dealkylation sites (tertiary alicyclic amines) is 1. The molecule has 0 unspecified atom stereocenters. The molecule has 3 heterocycles. The number of benzene rings is 1. The Morgan fingerprint density at radius 3 is 2.79 bits per heavy atom. The van der Waals surface area contributed by atoms with Gasteiger partial charge in [-0.3, -0.25) is 9.59 Å². The number of hydrogen-bond acceptors (Lipinski definition) is 4. The summed E-state index contributed by atoms with van der Waals surface area (Å²) in [7, 11) is 0. The summed E-state index contributed by atoms with van der Waals surface area (Å²) in [5.41, 5.74) is 3.40. The van der Waals surface area contributed by atoms with Crippen LogP contribution in [0.2, 0.25) is 0 Å². The van der Waals surface area contributed by atoms with Gasteiger partial charge in [0.2, 0.25) is 0 Å². The van der Waals surface area contributed by atoms with E-state index in [-0.39, 0.29) is 18.4 Å². The highest BCUT2D eigenvalue weighted by atomic mass is 79.9. The molecule has 1 aromatic carbocycles. The van der Waals surface area contributed by atoms with Gasteiger partial charge in [-0.05, 0) is 65.5 Å². The lowest BCUT2D eigenvalue weighted by Crippen LogP contribution is -2.28. The number of pyridine rings is 1. The number of amides is 2. The van der Waals surface area contributed by atoms with Crippen molar-refractivity contribution in [2.45, 2.75) is 26.3 Å². The van der Waals surface area contributed by atoms with E-state index in [1.54, 1.807) is 24.4 Å². The van der Waals surface area contributed by atoms with Crippen LogP contribution in [-0.2, 0) is 6.54 Å². The molecule has 8 heteroatoms. The van der Waals surface area contributed by atoms with E-state index in [1.807, 2.05) is 17.9 Å². The molecule has 2 N–H and O–H groups in total. The van der Waals surface area contributed by atoms with Gasteiger partial charge >= 0.3 is 0 Å². The molecule has 1 aliphatic rings. The van der Waals surface area contributed by atoms with Gasteiger partial charge in [-0.2, -0.15) is 0 Å². The molecule has 3 aromatic rings. The predicted molar refractivity (Wildman–Crippen MR) is 109 cm³/mol. The lowest BCUT2D eigenvalue weighted by molar-refractivity contribution is 0.0791. The number of carbonyl (C=O) groups is 2. The molecule has 7 nitrogen and oxygen atoms in total. The molecule has 0 atom stereocenters. The van der Waals surface area contributed by atoms with Crippen LogP contribution in [0.1, 0.15) is 44.9 Å². The lowest BCUT2D eigenvalue weighted by atomic mass is 10.0. The molecule has 2 amide bonds. The minimum atomic E-state index is -0.210. The quantitative estimate of drug-likeness (QED) is 0.650. The highest BCUT2D eigenvalue weighted by Gasteiger charge is 2.21. The standard InChI is InChI=1S/C20H20BrN5O2/c1-12-8-13(4-5-15(12)20(28)26-6-2-3-7-26)19(27)23-11-17-24-16-9-14(21)10-22-18(16)25-17/h4-5,8-10H,2-3,6-7,11H2,1H3,(H,23,27)(H,22,24,25). The third-order valence-electron chi connectivity index (χ3n) is 4.88. The molecule has 1 saturated heterocycles. The topological polar surface area (TPSA) is 91.0 Å². The number of nitrogens with one attached hydrogen (secondary N) is 2. The predicted octanol–water partition coefficient (Wildman–Crippen LogP) is 3.19. The number of imidazole rings is 1. The van der Waals surface area contributed by atoms with Gasteiger partial charge in [-0.25, -0.2) is 9.97 Å². The second-order valence-corrected chi connectivity index (χ2v) is 7.84. The number of fused-ring (bicyclic) bond motifs is 1. The van der Waals surface area contributed by atoms with Gasteiger partial charge in [-0.15, -0.1) is 0 Å². The number of carbonyl (C=O) groups excluding carboxylic acids is 2. The molecule has 0 saturated carbocycles. The number of aromatic amines is 1. The zero-order chi connectivity index (χ0) is 19.7. The fraction of sp³-hybridized carbons (Fsp3) is 0.300. The third kappa shape index (κ3) is 3.77. The average molecular weight is 442 g/mol. The summed E-state index contributed by atoms with van der Waals surface area (Å²) in [6, 6.07) is 7.09. The molecular formula is C20H20BrN5O2. The van der Waals surface area contributed by atoms with E-state index in [4.69, 9.17) is 0 Å². The summed E-state index contributed by atoms with van der Waals surface area (Å²) in [5, 5.41) is 2.85. The van der Waals surface area contributed by atoms with Crippen molar-refractivity contribution in [3.8, 4) is 0 Å². The number of halogens is 1. The zero-order valence-corrected chi connectivity index (χ0v) is 17.0. The van der Waals surface area contributed by atoms with Crippen molar-refractivity contribution in [3.05, 3.63) is 57.4 Å². The molecular weight excluding hydrogens is 422 g/mol. The van der Waals surface area contributed by atoms with Crippen molar-refractivity contribution < 1.29 is 9.59 Å². The number of nitrogens with zero attached hydrogens (tertiary/aromatic N) is 3. The number of aryl methyl sites for hydroxylation is 1. The Morgan fingerprint density at radius 1 is 1.25 bits per heavy atom. The smallest absolute Gasteiger partial charge is 0.254 e. The SMILES string of the molecule is Cc1cc(C(=O)NCc2nc3ncc(Br)cc3[nH]2)ccc1C(=O)N1CCCC1. The maximum absolute atomic E-state index is 12.6. The van der Waals surface area contributed by atoms with E-state index in [9.17, 15) is 9.59 Å². The highest BCUT2D eigenvalue weighted by molar-refractivity contribution is 9.10. The van der Waals surface area contributed by atoms with Crippen LogP contribution in [0.3, 0.4) is 0 Å². The summed E-state index contributed by atoms with van der Waals surface area (Å²) >= 11 is 3.37. The van der Waals surface area contributed by atoms with Gasteiger partial charge in [-0.1, -0.05) is 0 Å². The summed E-state index contributed by atoms with van der Waals surface area (Å²) in [6.45, 7) is 3.75. The molecule has 2 aromatic heterocycles. The van der Waals surface area contributed by atoms with E-state index in [0.29, 0.717) is 22.6 Å². The Balaban J connectivity index is 1.44. The highest BCUT2D eigenvalue weighted by Crippen LogP contribution is 2.18. The van der Waals surface area contributed by atoms with Crippen LogP contribution in [0.4, 0.5) is 0 Å². The average Bonchev–Trinajstić information content (AvgIpc) is 3.34. The molecule has 0 radical (unpaired) electrons. The van der Waals surface area contributed by atoms with Crippen molar-refractivity contribution in [1.29, 1.82) is 0 Å². The van der Waals surface area contributed by atoms with Crippen LogP contribution >= 0.6 is 15.9 Å². The van der Waals surface area contributed by atoms with E-state index >= 15 is 0 Å². The molecule has 0 spiro atoms. The summed E-state index contributed by atoms with van der Waals surface area (Å²) in [6.07, 6.45) is 3.79. The van der Waals surface area contributed by atoms with Crippen LogP contribution in [-0.4, -0.2) is 44.8 Å². The van der Waals surface area contributed by atoms with Gasteiger partial charge in [0, 0.05) is 34.9 Å². The van der Waals surface area contributed by atoms with Crippen LogP contribution < -0.4 is 5.32 Å². The first-order chi connectivity index (χ1) is 13.5. The van der Waals surface area contributed by atoms with Crippen molar-refractivity contribution in [2.24, 2.45) is 0 Å². The molecule has 0 bridgehead atoms. The second-order valence-electron chi connectivity index (χ2n) is 6.92. The summed E-state index contributed by atoms with van der Waals surface area (Å²) in [4.78, 5) is 38.7. The van der Waals surface area contributed by atoms with Crippen molar-refractivity contribution in [1.82, 2.24) is 25.2 Å². The Labute approximate surface area is 170 Å². The van der Waals surface area contributed by atoms with E-state index in [1.165, 1.54) is 0 Å². The maximum atomic E-state index is 12.6. The molecule has 144 valence electrons. The Kier molecular flexibility index (Phi) is 5.13. The van der Waals surface area contributed by atoms with Gasteiger partial charge < -0.3 is 15.2 Å². The Hall–Kier alpha value is -2.74. The second kappa shape index (κ2) is 7.71. The monoisotopic (exact) mass is 441 g/mol. The van der Waals surface area contributed by atoms with Crippen molar-refractivity contribution in [3.63, 3.8) is 0 Å². The third-order valence-corrected chi connectivity index (χ3v) is 5.32. The van der Waals surface area contributed by atoms with E-state index < -0.39 is 0 Å². The first kappa shape index (κ1) is 18.6. The van der Waals surface area contributed by atoms with Crippen LogP contribution in [0.5, 0.6) is 0 Å². The zero-order valence-electron chi connectivity index (χ0n) is 15.5. The fourth-order valence-corrected chi connectivity index (χ4v) is 3.74. The Bertz CT molecular complexity index is 1060. The van der Waals surface area contributed by atoms with E-state index in [2.05, 4.69) is 36.2 Å². The Morgan fingerprint density at radius 2 is 2.04 bits per heavy atom. The molecule has 4 rings (SSSR count). The summed E-state index contributed by atoms with van der Waals surface area (Å²) < 4.78 is 0.860. The van der Waals surface area contributed by atoms with Crippen LogP contribution in [0.25, 0.3) is 11.2 Å². The van der Waals surface area contributed by atoms with Crippen LogP contribution in [0, 0.1) is 6.92 Å². The minimum absolute atomic E-state index is 0.0443. The number of rotatable bonds is 4. The number of hydrogen-bond donors (Lipinski definition) is 2. The van der Waals surface area contributed by atoms with Gasteiger partial charge in [0.05, 0.1) is 12.1 Å². The first-order valence-electron chi connectivity index (χ1n) is 9.19. The lowest BCUT2D eigenvalue weighted by Gasteiger charge is -2.17. The molecule has 0 aliphatic carbocycles. The number of H-pyrrole nitrogens is 1. The first-order valence-corrected chi connectivity index (χ1v) is 9.99. The van der Waals surface area contributed by atoms with E-state index in [0.717, 1.165) is 41.5 Å². The van der Waals surface area contributed by atoms with Crippen LogP contribution in [0.15, 0.2) is 34.9 Å². The molecule has 1 fully saturated rings. The fourth-order valence-electron chi connectivity index (χ4n) is 3.41. The molecule has 1 aliphatic heterocycles. The normalized spacial score (nSPS) is 13.9. The van der Waals surface area contributed by atoms with Gasteiger partial charge in [0.1, 0.15) is 5.82 Å².